The monoisotopic (exact) mass is 304 g/mol. The molecule has 21 heavy (non-hydrogen) atoms. The molecule has 6 heteroatoms. The molecule has 0 atom stereocenters. The van der Waals surface area contributed by atoms with Crippen LogP contribution >= 0.6 is 11.6 Å². The molecule has 106 valence electrons. The van der Waals surface area contributed by atoms with Crippen molar-refractivity contribution in [3.05, 3.63) is 58.9 Å². The average Bonchev–Trinajstić information content (AvgIpc) is 2.47. The molecule has 0 bridgehead atoms. The van der Waals surface area contributed by atoms with Crippen molar-refractivity contribution in [3.8, 4) is 11.8 Å². The fourth-order valence-corrected chi connectivity index (χ4v) is 1.76. The second-order valence-corrected chi connectivity index (χ2v) is 4.54. The number of ether oxygens (including phenoxy) is 1. The third-order valence-electron chi connectivity index (χ3n) is 2.54. The van der Waals surface area contributed by atoms with Crippen LogP contribution in [0.15, 0.2) is 42.5 Å². The summed E-state index contributed by atoms with van der Waals surface area (Å²) in [6.45, 7) is -0.278. The molecule has 0 saturated carbocycles. The van der Waals surface area contributed by atoms with Crippen molar-refractivity contribution in [1.29, 1.82) is 5.26 Å². The molecule has 0 aliphatic heterocycles. The highest BCUT2D eigenvalue weighted by Gasteiger charge is 2.08. The van der Waals surface area contributed by atoms with Crippen LogP contribution in [0.25, 0.3) is 0 Å². The molecule has 0 aliphatic carbocycles. The molecule has 0 aromatic heterocycles. The zero-order valence-corrected chi connectivity index (χ0v) is 11.5. The third kappa shape index (κ3) is 4.20. The molecule has 0 unspecified atom stereocenters. The molecule has 0 spiro atoms. The minimum absolute atomic E-state index is 0.00584. The molecule has 4 nitrogen and oxygen atoms in total. The summed E-state index contributed by atoms with van der Waals surface area (Å²) in [6.07, 6.45) is 0. The van der Waals surface area contributed by atoms with E-state index in [1.54, 1.807) is 24.3 Å². The van der Waals surface area contributed by atoms with Gasteiger partial charge in [-0.15, -0.1) is 0 Å². The quantitative estimate of drug-likeness (QED) is 0.942. The number of nitrogens with zero attached hydrogens (tertiary/aromatic N) is 1. The van der Waals surface area contributed by atoms with Gasteiger partial charge < -0.3 is 10.1 Å². The van der Waals surface area contributed by atoms with Gasteiger partial charge >= 0.3 is 0 Å². The highest BCUT2D eigenvalue weighted by molar-refractivity contribution is 6.30. The summed E-state index contributed by atoms with van der Waals surface area (Å²) < 4.78 is 18.8. The molecular formula is C15H10ClFN2O2. The van der Waals surface area contributed by atoms with E-state index in [9.17, 15) is 9.18 Å². The SMILES string of the molecule is N#Cc1ccc(NC(=O)COc2cccc(Cl)c2)c(F)c1. The standard InChI is InChI=1S/C15H10ClFN2O2/c16-11-2-1-3-12(7-11)21-9-15(20)19-14-5-4-10(8-18)6-13(14)17/h1-7H,9H2,(H,19,20). The maximum atomic E-state index is 13.6. The fourth-order valence-electron chi connectivity index (χ4n) is 1.58. The van der Waals surface area contributed by atoms with E-state index in [0.717, 1.165) is 6.07 Å². The second-order valence-electron chi connectivity index (χ2n) is 4.10. The number of hydrogen-bond donors (Lipinski definition) is 1. The van der Waals surface area contributed by atoms with Crippen molar-refractivity contribution in [3.63, 3.8) is 0 Å². The van der Waals surface area contributed by atoms with E-state index < -0.39 is 11.7 Å². The average molecular weight is 305 g/mol. The van der Waals surface area contributed by atoms with Crippen LogP contribution in [0.2, 0.25) is 5.02 Å². The maximum Gasteiger partial charge on any atom is 0.262 e. The van der Waals surface area contributed by atoms with Gasteiger partial charge in [-0.1, -0.05) is 17.7 Å². The van der Waals surface area contributed by atoms with Crippen molar-refractivity contribution in [2.24, 2.45) is 0 Å². The summed E-state index contributed by atoms with van der Waals surface area (Å²) in [6, 6.07) is 12.2. The minimum Gasteiger partial charge on any atom is -0.484 e. The first-order valence-electron chi connectivity index (χ1n) is 5.96. The zero-order valence-electron chi connectivity index (χ0n) is 10.8. The molecule has 2 rings (SSSR count). The Hall–Kier alpha value is -2.58. The number of hydrogen-bond acceptors (Lipinski definition) is 3. The van der Waals surface area contributed by atoms with Crippen LogP contribution in [0.1, 0.15) is 5.56 Å². The summed E-state index contributed by atoms with van der Waals surface area (Å²) in [5.74, 6) is -0.748. The van der Waals surface area contributed by atoms with Crippen LogP contribution < -0.4 is 10.1 Å². The van der Waals surface area contributed by atoms with E-state index in [-0.39, 0.29) is 17.9 Å². The van der Waals surface area contributed by atoms with E-state index in [2.05, 4.69) is 5.32 Å². The number of carbonyl (C=O) groups excluding carboxylic acids is 1. The molecule has 0 fully saturated rings. The number of halogens is 2. The Morgan fingerprint density at radius 1 is 1.33 bits per heavy atom. The number of benzene rings is 2. The molecular weight excluding hydrogens is 295 g/mol. The summed E-state index contributed by atoms with van der Waals surface area (Å²) in [4.78, 5) is 11.7. The summed E-state index contributed by atoms with van der Waals surface area (Å²) in [7, 11) is 0. The fraction of sp³-hybridized carbons (Fsp3) is 0.0667. The van der Waals surface area contributed by atoms with Crippen LogP contribution in [-0.4, -0.2) is 12.5 Å². The topological polar surface area (TPSA) is 62.1 Å². The Bertz CT molecular complexity index is 713. The van der Waals surface area contributed by atoms with Crippen LogP contribution in [0.5, 0.6) is 5.75 Å². The lowest BCUT2D eigenvalue weighted by molar-refractivity contribution is -0.118. The van der Waals surface area contributed by atoms with Crippen LogP contribution in [0, 0.1) is 17.1 Å². The lowest BCUT2D eigenvalue weighted by Crippen LogP contribution is -2.20. The number of amides is 1. The van der Waals surface area contributed by atoms with Crippen molar-refractivity contribution in [2.75, 3.05) is 11.9 Å². The lowest BCUT2D eigenvalue weighted by Gasteiger charge is -2.08. The lowest BCUT2D eigenvalue weighted by atomic mass is 10.2. The van der Waals surface area contributed by atoms with E-state index in [1.807, 2.05) is 6.07 Å². The molecule has 2 aromatic carbocycles. The number of anilines is 1. The molecule has 0 heterocycles. The third-order valence-corrected chi connectivity index (χ3v) is 2.77. The molecule has 0 saturated heterocycles. The Morgan fingerprint density at radius 3 is 2.81 bits per heavy atom. The van der Waals surface area contributed by atoms with Crippen LogP contribution in [-0.2, 0) is 4.79 Å². The van der Waals surface area contributed by atoms with Crippen LogP contribution in [0.4, 0.5) is 10.1 Å². The molecule has 0 aliphatic rings. The first kappa shape index (κ1) is 14.8. The van der Waals surface area contributed by atoms with Crippen molar-refractivity contribution < 1.29 is 13.9 Å². The van der Waals surface area contributed by atoms with E-state index in [0.29, 0.717) is 10.8 Å². The molecule has 1 amide bonds. The van der Waals surface area contributed by atoms with Gasteiger partial charge in [-0.2, -0.15) is 5.26 Å². The Kier molecular flexibility index (Phi) is 4.75. The zero-order chi connectivity index (χ0) is 15.2. The van der Waals surface area contributed by atoms with Gasteiger partial charge in [0.1, 0.15) is 11.6 Å². The van der Waals surface area contributed by atoms with Crippen molar-refractivity contribution in [1.82, 2.24) is 0 Å². The van der Waals surface area contributed by atoms with Gasteiger partial charge in [-0.05, 0) is 36.4 Å². The van der Waals surface area contributed by atoms with Crippen molar-refractivity contribution in [2.45, 2.75) is 0 Å². The smallest absolute Gasteiger partial charge is 0.262 e. The Morgan fingerprint density at radius 2 is 2.14 bits per heavy atom. The highest BCUT2D eigenvalue weighted by Crippen LogP contribution is 2.18. The van der Waals surface area contributed by atoms with Gasteiger partial charge in [0.05, 0.1) is 17.3 Å². The van der Waals surface area contributed by atoms with Crippen LogP contribution in [0.3, 0.4) is 0 Å². The number of nitriles is 1. The Balaban J connectivity index is 1.95. The van der Waals surface area contributed by atoms with E-state index >= 15 is 0 Å². The summed E-state index contributed by atoms with van der Waals surface area (Å²) >= 11 is 5.78. The van der Waals surface area contributed by atoms with Gasteiger partial charge in [-0.25, -0.2) is 4.39 Å². The van der Waals surface area contributed by atoms with Gasteiger partial charge in [0.2, 0.25) is 0 Å². The number of rotatable bonds is 4. The predicted molar refractivity (Wildman–Crippen MR) is 76.7 cm³/mol. The van der Waals surface area contributed by atoms with Gasteiger partial charge in [0, 0.05) is 5.02 Å². The predicted octanol–water partition coefficient (Wildman–Crippen LogP) is 3.37. The largest absolute Gasteiger partial charge is 0.484 e. The first-order valence-corrected chi connectivity index (χ1v) is 6.34. The van der Waals surface area contributed by atoms with E-state index in [1.165, 1.54) is 12.1 Å². The van der Waals surface area contributed by atoms with E-state index in [4.69, 9.17) is 21.6 Å². The minimum atomic E-state index is -0.676. The summed E-state index contributed by atoms with van der Waals surface area (Å²) in [5, 5.41) is 11.5. The maximum absolute atomic E-state index is 13.6. The molecule has 1 N–H and O–H groups in total. The second kappa shape index (κ2) is 6.73. The molecule has 2 aromatic rings. The van der Waals surface area contributed by atoms with Gasteiger partial charge in [0.25, 0.3) is 5.91 Å². The highest BCUT2D eigenvalue weighted by atomic mass is 35.5. The van der Waals surface area contributed by atoms with Crippen molar-refractivity contribution >= 4 is 23.2 Å². The number of carbonyl (C=O) groups is 1. The molecule has 0 radical (unpaired) electrons. The number of nitrogens with one attached hydrogen (secondary N) is 1. The van der Waals surface area contributed by atoms with Gasteiger partial charge in [-0.3, -0.25) is 4.79 Å². The normalized spacial score (nSPS) is 9.76. The first-order chi connectivity index (χ1) is 10.1. The van der Waals surface area contributed by atoms with Gasteiger partial charge in [0.15, 0.2) is 6.61 Å². The Labute approximate surface area is 125 Å². The summed E-state index contributed by atoms with van der Waals surface area (Å²) in [5.41, 5.74) is 0.175.